The fourth-order valence-electron chi connectivity index (χ4n) is 2.44. The molecule has 0 radical (unpaired) electrons. The Bertz CT molecular complexity index is 711. The molecule has 0 spiro atoms. The number of hydrogen-bond donors (Lipinski definition) is 0. The lowest BCUT2D eigenvalue weighted by molar-refractivity contribution is -0.138. The van der Waals surface area contributed by atoms with Gasteiger partial charge in [-0.2, -0.15) is 30.2 Å². The van der Waals surface area contributed by atoms with Crippen molar-refractivity contribution in [1.29, 1.82) is 0 Å². The maximum absolute atomic E-state index is 13.0. The molecule has 1 heterocycles. The second kappa shape index (κ2) is 6.69. The third-order valence-corrected chi connectivity index (χ3v) is 5.72. The molecule has 1 aliphatic rings. The average Bonchev–Trinajstić information content (AvgIpc) is 2.53. The monoisotopic (exact) mass is 365 g/mol. The van der Waals surface area contributed by atoms with Gasteiger partial charge in [0.25, 0.3) is 16.1 Å². The highest BCUT2D eigenvalue weighted by Crippen LogP contribution is 2.32. The van der Waals surface area contributed by atoms with Crippen molar-refractivity contribution in [3.8, 4) is 0 Å². The summed E-state index contributed by atoms with van der Waals surface area (Å²) in [5.74, 6) is -0.746. The van der Waals surface area contributed by atoms with E-state index in [2.05, 4.69) is 0 Å². The van der Waals surface area contributed by atoms with E-state index in [1.807, 2.05) is 0 Å². The van der Waals surface area contributed by atoms with Gasteiger partial charge in [0.15, 0.2) is 0 Å². The molecule has 0 N–H and O–H groups in total. The summed E-state index contributed by atoms with van der Waals surface area (Å²) in [7, 11) is -0.806. The molecule has 6 nitrogen and oxygen atoms in total. The van der Waals surface area contributed by atoms with Crippen molar-refractivity contribution in [2.75, 3.05) is 40.3 Å². The predicted molar refractivity (Wildman–Crippen MR) is 81.5 cm³/mol. The predicted octanol–water partition coefficient (Wildman–Crippen LogP) is 1.27. The van der Waals surface area contributed by atoms with E-state index in [0.29, 0.717) is 0 Å². The van der Waals surface area contributed by atoms with E-state index in [1.54, 1.807) is 0 Å². The van der Waals surface area contributed by atoms with Gasteiger partial charge in [0, 0.05) is 40.3 Å². The van der Waals surface area contributed by atoms with Crippen molar-refractivity contribution >= 4 is 16.1 Å². The van der Waals surface area contributed by atoms with Crippen LogP contribution in [0.3, 0.4) is 0 Å². The number of rotatable bonds is 3. The Balaban J connectivity index is 2.15. The van der Waals surface area contributed by atoms with Crippen LogP contribution in [0.2, 0.25) is 0 Å². The SMILES string of the molecule is CN(C)S(=O)(=O)N1CCN(C(=O)c2ccccc2C(F)(F)F)CC1. The minimum atomic E-state index is -4.62. The average molecular weight is 365 g/mol. The van der Waals surface area contributed by atoms with E-state index >= 15 is 0 Å². The van der Waals surface area contributed by atoms with E-state index in [-0.39, 0.29) is 26.2 Å². The molecule has 1 aliphatic heterocycles. The normalized spacial score (nSPS) is 17.3. The second-order valence-corrected chi connectivity index (χ2v) is 7.67. The number of hydrogen-bond acceptors (Lipinski definition) is 3. The fourth-order valence-corrected chi connectivity index (χ4v) is 3.53. The lowest BCUT2D eigenvalue weighted by Crippen LogP contribution is -2.53. The van der Waals surface area contributed by atoms with Crippen molar-refractivity contribution < 1.29 is 26.4 Å². The molecule has 1 fully saturated rings. The second-order valence-electron chi connectivity index (χ2n) is 5.52. The van der Waals surface area contributed by atoms with Gasteiger partial charge in [0.2, 0.25) is 0 Å². The van der Waals surface area contributed by atoms with Gasteiger partial charge in [-0.25, -0.2) is 0 Å². The van der Waals surface area contributed by atoms with Gasteiger partial charge in [-0.15, -0.1) is 0 Å². The number of piperazine rings is 1. The minimum absolute atomic E-state index is 0.0398. The van der Waals surface area contributed by atoms with Gasteiger partial charge in [0.1, 0.15) is 0 Å². The molecule has 10 heteroatoms. The number of amides is 1. The summed E-state index contributed by atoms with van der Waals surface area (Å²) in [4.78, 5) is 13.6. The molecule has 134 valence electrons. The molecule has 0 saturated carbocycles. The van der Waals surface area contributed by atoms with Crippen LogP contribution in [0.4, 0.5) is 13.2 Å². The number of carbonyl (C=O) groups is 1. The highest BCUT2D eigenvalue weighted by atomic mass is 32.2. The molecule has 1 aromatic carbocycles. The third-order valence-electron chi connectivity index (χ3n) is 3.78. The van der Waals surface area contributed by atoms with Crippen LogP contribution >= 0.6 is 0 Å². The molecule has 24 heavy (non-hydrogen) atoms. The molecular weight excluding hydrogens is 347 g/mol. The number of benzene rings is 1. The van der Waals surface area contributed by atoms with E-state index in [0.717, 1.165) is 16.4 Å². The molecule has 0 atom stereocenters. The fraction of sp³-hybridized carbons (Fsp3) is 0.500. The summed E-state index contributed by atoms with van der Waals surface area (Å²) in [5, 5.41) is 0. The number of alkyl halides is 3. The van der Waals surface area contributed by atoms with Crippen molar-refractivity contribution in [3.05, 3.63) is 35.4 Å². The maximum atomic E-state index is 13.0. The minimum Gasteiger partial charge on any atom is -0.336 e. The van der Waals surface area contributed by atoms with E-state index < -0.39 is 33.4 Å². The smallest absolute Gasteiger partial charge is 0.336 e. The van der Waals surface area contributed by atoms with Crippen LogP contribution in [0.25, 0.3) is 0 Å². The molecule has 0 unspecified atom stereocenters. The summed E-state index contributed by atoms with van der Waals surface area (Å²) in [6, 6.07) is 4.59. The Hall–Kier alpha value is -1.65. The molecule has 0 aliphatic carbocycles. The first-order chi connectivity index (χ1) is 11.0. The first-order valence-electron chi connectivity index (χ1n) is 7.18. The van der Waals surface area contributed by atoms with E-state index in [4.69, 9.17) is 0 Å². The van der Waals surface area contributed by atoms with E-state index in [9.17, 15) is 26.4 Å². The summed E-state index contributed by atoms with van der Waals surface area (Å²) >= 11 is 0. The van der Waals surface area contributed by atoms with Crippen molar-refractivity contribution in [1.82, 2.24) is 13.5 Å². The molecule has 1 saturated heterocycles. The Morgan fingerprint density at radius 2 is 1.62 bits per heavy atom. The Kier molecular flexibility index (Phi) is 5.21. The first kappa shape index (κ1) is 18.7. The number of halogens is 3. The topological polar surface area (TPSA) is 60.9 Å². The molecule has 2 rings (SSSR count). The van der Waals surface area contributed by atoms with Crippen LogP contribution in [0.5, 0.6) is 0 Å². The maximum Gasteiger partial charge on any atom is 0.417 e. The number of nitrogens with zero attached hydrogens (tertiary/aromatic N) is 3. The Morgan fingerprint density at radius 1 is 1.08 bits per heavy atom. The molecule has 1 amide bonds. The summed E-state index contributed by atoms with van der Waals surface area (Å²) < 4.78 is 65.4. The van der Waals surface area contributed by atoms with Crippen molar-refractivity contribution in [2.45, 2.75) is 6.18 Å². The molecule has 1 aromatic rings. The summed E-state index contributed by atoms with van der Waals surface area (Å²) in [6.45, 7) is 0.164. The molecule has 0 aromatic heterocycles. The van der Waals surface area contributed by atoms with Crippen molar-refractivity contribution in [3.63, 3.8) is 0 Å². The van der Waals surface area contributed by atoms with Crippen LogP contribution in [0.1, 0.15) is 15.9 Å². The van der Waals surface area contributed by atoms with Crippen LogP contribution in [0, 0.1) is 0 Å². The standard InChI is InChI=1S/C14H18F3N3O3S/c1-18(2)24(22,23)20-9-7-19(8-10-20)13(21)11-5-3-4-6-12(11)14(15,16)17/h3-6H,7-10H2,1-2H3. The zero-order valence-electron chi connectivity index (χ0n) is 13.2. The highest BCUT2D eigenvalue weighted by molar-refractivity contribution is 7.86. The van der Waals surface area contributed by atoms with Crippen LogP contribution in [-0.2, 0) is 16.4 Å². The largest absolute Gasteiger partial charge is 0.417 e. The van der Waals surface area contributed by atoms with Crippen LogP contribution in [-0.4, -0.2) is 68.1 Å². The van der Waals surface area contributed by atoms with Gasteiger partial charge in [0.05, 0.1) is 11.1 Å². The van der Waals surface area contributed by atoms with Gasteiger partial charge in [-0.05, 0) is 12.1 Å². The molecule has 0 bridgehead atoms. The lowest BCUT2D eigenvalue weighted by Gasteiger charge is -2.35. The Morgan fingerprint density at radius 3 is 2.12 bits per heavy atom. The van der Waals surface area contributed by atoms with Gasteiger partial charge in [-0.3, -0.25) is 4.79 Å². The summed E-state index contributed by atoms with van der Waals surface area (Å²) in [5.41, 5.74) is -1.41. The third kappa shape index (κ3) is 3.70. The van der Waals surface area contributed by atoms with Gasteiger partial charge >= 0.3 is 6.18 Å². The zero-order chi connectivity index (χ0) is 18.1. The van der Waals surface area contributed by atoms with Crippen molar-refractivity contribution in [2.24, 2.45) is 0 Å². The number of carbonyl (C=O) groups excluding carboxylic acids is 1. The lowest BCUT2D eigenvalue weighted by atomic mass is 10.1. The molecular formula is C14H18F3N3O3S. The van der Waals surface area contributed by atoms with Crippen LogP contribution in [0.15, 0.2) is 24.3 Å². The van der Waals surface area contributed by atoms with E-state index in [1.165, 1.54) is 35.4 Å². The first-order valence-corrected chi connectivity index (χ1v) is 8.58. The Labute approximate surface area is 138 Å². The van der Waals surface area contributed by atoms with Gasteiger partial charge in [-0.1, -0.05) is 12.1 Å². The van der Waals surface area contributed by atoms with Crippen LogP contribution < -0.4 is 0 Å². The van der Waals surface area contributed by atoms with Gasteiger partial charge < -0.3 is 4.90 Å². The zero-order valence-corrected chi connectivity index (χ0v) is 14.1. The highest BCUT2D eigenvalue weighted by Gasteiger charge is 2.37. The summed E-state index contributed by atoms with van der Waals surface area (Å²) in [6.07, 6.45) is -4.62. The quantitative estimate of drug-likeness (QED) is 0.811.